The fraction of sp³-hybridized carbons (Fsp3) is 0.286. The molecular weight excluding hydrogens is 442 g/mol. The van der Waals surface area contributed by atoms with Crippen molar-refractivity contribution in [2.45, 2.75) is 33.6 Å². The minimum Gasteiger partial charge on any atom is -0.462 e. The predicted octanol–water partition coefficient (Wildman–Crippen LogP) is 4.71. The van der Waals surface area contributed by atoms with E-state index in [2.05, 4.69) is 15.5 Å². The van der Waals surface area contributed by atoms with Crippen LogP contribution in [0.1, 0.15) is 51.8 Å². The number of hydrogen-bond acceptors (Lipinski definition) is 8. The summed E-state index contributed by atoms with van der Waals surface area (Å²) in [5, 5.41) is 7.51. The molecule has 0 aliphatic heterocycles. The van der Waals surface area contributed by atoms with Gasteiger partial charge in [0.15, 0.2) is 5.78 Å². The number of carbonyl (C=O) groups is 3. The average Bonchev–Trinajstić information content (AvgIpc) is 3.32. The number of thiophene rings is 1. The van der Waals surface area contributed by atoms with Crippen molar-refractivity contribution in [3.8, 4) is 11.4 Å². The summed E-state index contributed by atoms with van der Waals surface area (Å²) in [6.07, 6.45) is 0.266. The monoisotopic (exact) mass is 461 g/mol. The molecule has 1 amide bonds. The predicted molar refractivity (Wildman–Crippen MR) is 117 cm³/mol. The van der Waals surface area contributed by atoms with Crippen LogP contribution in [0.2, 0.25) is 5.02 Å². The quantitative estimate of drug-likeness (QED) is 0.382. The molecule has 0 atom stereocenters. The third kappa shape index (κ3) is 5.36. The van der Waals surface area contributed by atoms with E-state index >= 15 is 0 Å². The van der Waals surface area contributed by atoms with Crippen molar-refractivity contribution in [3.05, 3.63) is 51.2 Å². The van der Waals surface area contributed by atoms with Crippen molar-refractivity contribution in [1.82, 2.24) is 10.1 Å². The van der Waals surface area contributed by atoms with Crippen LogP contribution in [0.4, 0.5) is 5.00 Å². The lowest BCUT2D eigenvalue weighted by Gasteiger charge is -2.06. The number of carbonyl (C=O) groups excluding carboxylic acids is 3. The molecule has 1 aromatic carbocycles. The standard InChI is InChI=1S/C21H20ClN3O5S/c1-4-29-21(28)17-11(2)18(12(3)26)31-20(17)23-15(27)9-10-16-24-19(25-30-16)13-5-7-14(22)8-6-13/h5-8H,4,9-10H2,1-3H3,(H,23,27). The molecule has 31 heavy (non-hydrogen) atoms. The maximum atomic E-state index is 12.5. The minimum absolute atomic E-state index is 0.0524. The van der Waals surface area contributed by atoms with Crippen molar-refractivity contribution in [2.24, 2.45) is 0 Å². The molecule has 10 heteroatoms. The van der Waals surface area contributed by atoms with Crippen LogP contribution in [-0.2, 0) is 16.0 Å². The van der Waals surface area contributed by atoms with E-state index in [-0.39, 0.29) is 36.7 Å². The number of halogens is 1. The van der Waals surface area contributed by atoms with Crippen LogP contribution in [0.25, 0.3) is 11.4 Å². The summed E-state index contributed by atoms with van der Waals surface area (Å²) < 4.78 is 10.3. The van der Waals surface area contributed by atoms with E-state index in [1.807, 2.05) is 0 Å². The maximum absolute atomic E-state index is 12.5. The Morgan fingerprint density at radius 1 is 1.23 bits per heavy atom. The van der Waals surface area contributed by atoms with Crippen LogP contribution < -0.4 is 5.32 Å². The molecule has 0 fully saturated rings. The fourth-order valence-corrected chi connectivity index (χ4v) is 4.10. The minimum atomic E-state index is -0.580. The van der Waals surface area contributed by atoms with Crippen molar-refractivity contribution in [1.29, 1.82) is 0 Å². The van der Waals surface area contributed by atoms with Gasteiger partial charge in [-0.2, -0.15) is 4.98 Å². The first kappa shape index (κ1) is 22.6. The summed E-state index contributed by atoms with van der Waals surface area (Å²) in [4.78, 5) is 41.3. The molecule has 0 radical (unpaired) electrons. The number of benzene rings is 1. The Balaban J connectivity index is 1.68. The SMILES string of the molecule is CCOC(=O)c1c(NC(=O)CCc2nc(-c3ccc(Cl)cc3)no2)sc(C(C)=O)c1C. The topological polar surface area (TPSA) is 111 Å². The number of ketones is 1. The van der Waals surface area contributed by atoms with Gasteiger partial charge in [0.25, 0.3) is 0 Å². The highest BCUT2D eigenvalue weighted by Gasteiger charge is 2.25. The molecule has 8 nitrogen and oxygen atoms in total. The first-order valence-electron chi connectivity index (χ1n) is 9.50. The third-order valence-corrected chi connectivity index (χ3v) is 5.90. The van der Waals surface area contributed by atoms with Crippen molar-refractivity contribution < 1.29 is 23.6 Å². The summed E-state index contributed by atoms with van der Waals surface area (Å²) >= 11 is 6.93. The third-order valence-electron chi connectivity index (χ3n) is 4.34. The Morgan fingerprint density at radius 2 is 1.94 bits per heavy atom. The van der Waals surface area contributed by atoms with Gasteiger partial charge < -0.3 is 14.6 Å². The first-order valence-corrected chi connectivity index (χ1v) is 10.7. The number of aryl methyl sites for hydroxylation is 1. The average molecular weight is 462 g/mol. The van der Waals surface area contributed by atoms with Gasteiger partial charge in [0, 0.05) is 23.4 Å². The first-order chi connectivity index (χ1) is 14.8. The number of esters is 1. The number of Topliss-reactive ketones (excluding diaryl/α,β-unsaturated/α-hetero) is 1. The Morgan fingerprint density at radius 3 is 2.58 bits per heavy atom. The van der Waals surface area contributed by atoms with E-state index in [0.29, 0.717) is 32.2 Å². The van der Waals surface area contributed by atoms with Crippen molar-refractivity contribution in [3.63, 3.8) is 0 Å². The summed E-state index contributed by atoms with van der Waals surface area (Å²) in [7, 11) is 0. The normalized spacial score (nSPS) is 10.7. The Hall–Kier alpha value is -3.04. The molecule has 3 rings (SSSR count). The molecule has 2 aromatic heterocycles. The summed E-state index contributed by atoms with van der Waals surface area (Å²) in [6, 6.07) is 6.98. The molecule has 0 spiro atoms. The van der Waals surface area contributed by atoms with Gasteiger partial charge in [-0.15, -0.1) is 11.3 Å². The van der Waals surface area contributed by atoms with E-state index in [4.69, 9.17) is 20.9 Å². The molecular formula is C21H20ClN3O5S. The molecule has 0 saturated carbocycles. The Labute approximate surface area is 187 Å². The van der Waals surface area contributed by atoms with Gasteiger partial charge in [0.1, 0.15) is 5.00 Å². The lowest BCUT2D eigenvalue weighted by Crippen LogP contribution is -2.15. The largest absolute Gasteiger partial charge is 0.462 e. The lowest BCUT2D eigenvalue weighted by molar-refractivity contribution is -0.116. The van der Waals surface area contributed by atoms with E-state index in [1.165, 1.54) is 6.92 Å². The number of nitrogens with one attached hydrogen (secondary N) is 1. The van der Waals surface area contributed by atoms with Gasteiger partial charge in [-0.05, 0) is 50.6 Å². The molecule has 0 bridgehead atoms. The lowest BCUT2D eigenvalue weighted by atomic mass is 10.1. The second kappa shape index (κ2) is 9.84. The van der Waals surface area contributed by atoms with Crippen molar-refractivity contribution in [2.75, 3.05) is 11.9 Å². The van der Waals surface area contributed by atoms with Crippen LogP contribution in [-0.4, -0.2) is 34.4 Å². The second-order valence-electron chi connectivity index (χ2n) is 6.60. The second-order valence-corrected chi connectivity index (χ2v) is 8.06. The number of aromatic nitrogens is 2. The van der Waals surface area contributed by atoms with Gasteiger partial charge in [-0.1, -0.05) is 16.8 Å². The number of ether oxygens (including phenoxy) is 1. The molecule has 0 aliphatic rings. The number of hydrogen-bond donors (Lipinski definition) is 1. The fourth-order valence-electron chi connectivity index (χ4n) is 2.87. The zero-order chi connectivity index (χ0) is 22.5. The summed E-state index contributed by atoms with van der Waals surface area (Å²) in [6.45, 7) is 4.94. The highest BCUT2D eigenvalue weighted by Crippen LogP contribution is 2.34. The number of rotatable bonds is 8. The van der Waals surface area contributed by atoms with E-state index in [0.717, 1.165) is 16.9 Å². The van der Waals surface area contributed by atoms with Gasteiger partial charge in [-0.3, -0.25) is 9.59 Å². The number of anilines is 1. The van der Waals surface area contributed by atoms with Gasteiger partial charge in [-0.25, -0.2) is 4.79 Å². The summed E-state index contributed by atoms with van der Waals surface area (Å²) in [5.74, 6) is -0.417. The van der Waals surface area contributed by atoms with E-state index in [1.54, 1.807) is 38.1 Å². The zero-order valence-electron chi connectivity index (χ0n) is 17.2. The highest BCUT2D eigenvalue weighted by molar-refractivity contribution is 7.18. The van der Waals surface area contributed by atoms with Crippen molar-refractivity contribution >= 4 is 45.6 Å². The van der Waals surface area contributed by atoms with E-state index in [9.17, 15) is 14.4 Å². The molecule has 2 heterocycles. The van der Waals surface area contributed by atoms with E-state index < -0.39 is 5.97 Å². The van der Waals surface area contributed by atoms with Crippen LogP contribution in [0.15, 0.2) is 28.8 Å². The summed E-state index contributed by atoms with van der Waals surface area (Å²) in [5.41, 5.74) is 1.44. The highest BCUT2D eigenvalue weighted by atomic mass is 35.5. The Bertz CT molecular complexity index is 1120. The maximum Gasteiger partial charge on any atom is 0.341 e. The molecule has 0 unspecified atom stereocenters. The van der Waals surface area contributed by atoms with Gasteiger partial charge in [0.05, 0.1) is 17.0 Å². The van der Waals surface area contributed by atoms with Crippen LogP contribution in [0, 0.1) is 6.92 Å². The molecule has 0 aliphatic carbocycles. The smallest absolute Gasteiger partial charge is 0.341 e. The zero-order valence-corrected chi connectivity index (χ0v) is 18.7. The number of nitrogens with zero attached hydrogens (tertiary/aromatic N) is 2. The van der Waals surface area contributed by atoms with Crippen LogP contribution in [0.3, 0.4) is 0 Å². The van der Waals surface area contributed by atoms with Gasteiger partial charge in [0.2, 0.25) is 17.6 Å². The molecule has 162 valence electrons. The number of amides is 1. The molecule has 1 N–H and O–H groups in total. The van der Waals surface area contributed by atoms with Crippen LogP contribution in [0.5, 0.6) is 0 Å². The Kier molecular flexibility index (Phi) is 7.19. The molecule has 3 aromatic rings. The van der Waals surface area contributed by atoms with Crippen LogP contribution >= 0.6 is 22.9 Å². The molecule has 0 saturated heterocycles. The van der Waals surface area contributed by atoms with Gasteiger partial charge >= 0.3 is 5.97 Å².